The van der Waals surface area contributed by atoms with E-state index in [-0.39, 0.29) is 0 Å². The second kappa shape index (κ2) is 2.98. The Morgan fingerprint density at radius 2 is 1.71 bits per heavy atom. The number of hydrogen-bond acceptors (Lipinski definition) is 0. The molecule has 2 rings (SSSR count). The SMILES string of the molecule is CC1=Cc2ccccc2C1C(C)(C)C. The molecule has 1 unspecified atom stereocenters. The van der Waals surface area contributed by atoms with Crippen molar-refractivity contribution in [1.82, 2.24) is 0 Å². The quantitative estimate of drug-likeness (QED) is 0.568. The maximum absolute atomic E-state index is 2.32. The fourth-order valence-electron chi connectivity index (χ4n) is 2.63. The third-order valence-electron chi connectivity index (χ3n) is 3.01. The maximum Gasteiger partial charge on any atom is 0.0103 e. The van der Waals surface area contributed by atoms with Crippen molar-refractivity contribution in [3.63, 3.8) is 0 Å². The highest BCUT2D eigenvalue weighted by Gasteiger charge is 2.32. The minimum Gasteiger partial charge on any atom is -0.0647 e. The molecule has 74 valence electrons. The topological polar surface area (TPSA) is 0 Å². The molecule has 0 aromatic heterocycles. The number of fused-ring (bicyclic) bond motifs is 1. The first kappa shape index (κ1) is 9.51. The molecule has 1 atom stereocenters. The van der Waals surface area contributed by atoms with E-state index in [1.165, 1.54) is 16.7 Å². The molecule has 0 bridgehead atoms. The summed E-state index contributed by atoms with van der Waals surface area (Å²) in [4.78, 5) is 0. The molecule has 0 radical (unpaired) electrons. The van der Waals surface area contributed by atoms with E-state index in [1.807, 2.05) is 0 Å². The standard InChI is InChI=1S/C14H18/c1-10-9-11-7-5-6-8-12(11)13(10)14(2,3)4/h5-9,13H,1-4H3. The summed E-state index contributed by atoms with van der Waals surface area (Å²) in [5.74, 6) is 0.596. The summed E-state index contributed by atoms with van der Waals surface area (Å²) in [6.07, 6.45) is 2.32. The van der Waals surface area contributed by atoms with Crippen LogP contribution in [0.15, 0.2) is 29.8 Å². The first-order valence-electron chi connectivity index (χ1n) is 5.27. The predicted molar refractivity (Wildman–Crippen MR) is 62.3 cm³/mol. The minimum absolute atomic E-state index is 0.327. The van der Waals surface area contributed by atoms with Crippen LogP contribution in [0.2, 0.25) is 0 Å². The van der Waals surface area contributed by atoms with Crippen molar-refractivity contribution >= 4 is 6.08 Å². The average molecular weight is 186 g/mol. The van der Waals surface area contributed by atoms with Crippen molar-refractivity contribution in [2.45, 2.75) is 33.6 Å². The minimum atomic E-state index is 0.327. The Morgan fingerprint density at radius 3 is 2.36 bits per heavy atom. The van der Waals surface area contributed by atoms with E-state index < -0.39 is 0 Å². The van der Waals surface area contributed by atoms with Gasteiger partial charge < -0.3 is 0 Å². The van der Waals surface area contributed by atoms with Crippen molar-refractivity contribution in [2.75, 3.05) is 0 Å². The van der Waals surface area contributed by atoms with Gasteiger partial charge in [0.25, 0.3) is 0 Å². The molecule has 0 saturated heterocycles. The summed E-state index contributed by atoms with van der Waals surface area (Å²) in [6.45, 7) is 9.20. The van der Waals surface area contributed by atoms with Gasteiger partial charge in [0.15, 0.2) is 0 Å². The van der Waals surface area contributed by atoms with E-state index in [0.29, 0.717) is 11.3 Å². The van der Waals surface area contributed by atoms with Crippen LogP contribution in [-0.2, 0) is 0 Å². The zero-order chi connectivity index (χ0) is 10.3. The predicted octanol–water partition coefficient (Wildman–Crippen LogP) is 4.23. The molecule has 0 aliphatic heterocycles. The molecule has 14 heavy (non-hydrogen) atoms. The highest BCUT2D eigenvalue weighted by molar-refractivity contribution is 5.66. The van der Waals surface area contributed by atoms with Gasteiger partial charge in [0.1, 0.15) is 0 Å². The first-order valence-corrected chi connectivity index (χ1v) is 5.27. The zero-order valence-electron chi connectivity index (χ0n) is 9.46. The third kappa shape index (κ3) is 1.39. The van der Waals surface area contributed by atoms with Gasteiger partial charge in [-0.05, 0) is 23.5 Å². The Kier molecular flexibility index (Phi) is 2.02. The second-order valence-electron chi connectivity index (χ2n) is 5.32. The Hall–Kier alpha value is -1.04. The first-order chi connectivity index (χ1) is 6.50. The van der Waals surface area contributed by atoms with E-state index in [9.17, 15) is 0 Å². The smallest absolute Gasteiger partial charge is 0.0103 e. The van der Waals surface area contributed by atoms with E-state index in [1.54, 1.807) is 0 Å². The molecule has 0 N–H and O–H groups in total. The van der Waals surface area contributed by atoms with Crippen LogP contribution in [0.5, 0.6) is 0 Å². The number of rotatable bonds is 0. The molecule has 0 spiro atoms. The zero-order valence-corrected chi connectivity index (χ0v) is 9.46. The highest BCUT2D eigenvalue weighted by Crippen LogP contribution is 2.46. The molecular formula is C14H18. The largest absolute Gasteiger partial charge is 0.0647 e. The van der Waals surface area contributed by atoms with Crippen molar-refractivity contribution in [3.8, 4) is 0 Å². The van der Waals surface area contributed by atoms with Crippen molar-refractivity contribution < 1.29 is 0 Å². The summed E-state index contributed by atoms with van der Waals surface area (Å²) in [5, 5.41) is 0. The van der Waals surface area contributed by atoms with Gasteiger partial charge in [-0.25, -0.2) is 0 Å². The van der Waals surface area contributed by atoms with Gasteiger partial charge >= 0.3 is 0 Å². The van der Waals surface area contributed by atoms with Gasteiger partial charge in [0.05, 0.1) is 0 Å². The second-order valence-corrected chi connectivity index (χ2v) is 5.32. The van der Waals surface area contributed by atoms with Crippen molar-refractivity contribution in [3.05, 3.63) is 41.0 Å². The number of hydrogen-bond donors (Lipinski definition) is 0. The monoisotopic (exact) mass is 186 g/mol. The molecule has 1 aromatic rings. The van der Waals surface area contributed by atoms with E-state index in [0.717, 1.165) is 0 Å². The molecule has 1 aliphatic carbocycles. The van der Waals surface area contributed by atoms with Crippen molar-refractivity contribution in [1.29, 1.82) is 0 Å². The van der Waals surface area contributed by atoms with Crippen LogP contribution < -0.4 is 0 Å². The average Bonchev–Trinajstić information content (AvgIpc) is 2.38. The molecule has 0 heteroatoms. The summed E-state index contributed by atoms with van der Waals surface area (Å²) in [5.41, 5.74) is 4.73. The number of benzene rings is 1. The molecule has 0 amide bonds. The van der Waals surface area contributed by atoms with Crippen LogP contribution in [0.3, 0.4) is 0 Å². The fraction of sp³-hybridized carbons (Fsp3) is 0.429. The lowest BCUT2D eigenvalue weighted by molar-refractivity contribution is 0.358. The third-order valence-corrected chi connectivity index (χ3v) is 3.01. The van der Waals surface area contributed by atoms with Gasteiger partial charge in [-0.2, -0.15) is 0 Å². The Labute approximate surface area is 86.7 Å². The molecule has 0 fully saturated rings. The molecule has 0 nitrogen and oxygen atoms in total. The number of allylic oxidation sites excluding steroid dienone is 1. The normalized spacial score (nSPS) is 20.6. The van der Waals surface area contributed by atoms with E-state index >= 15 is 0 Å². The molecular weight excluding hydrogens is 168 g/mol. The lowest BCUT2D eigenvalue weighted by atomic mass is 9.75. The van der Waals surface area contributed by atoms with Crippen LogP contribution in [0, 0.1) is 5.41 Å². The summed E-state index contributed by atoms with van der Waals surface area (Å²) in [6, 6.07) is 8.74. The van der Waals surface area contributed by atoms with E-state index in [2.05, 4.69) is 58.0 Å². The van der Waals surface area contributed by atoms with E-state index in [4.69, 9.17) is 0 Å². The Balaban J connectivity index is 2.52. The lowest BCUT2D eigenvalue weighted by Crippen LogP contribution is -2.17. The molecule has 1 aliphatic rings. The van der Waals surface area contributed by atoms with Gasteiger partial charge in [-0.3, -0.25) is 0 Å². The fourth-order valence-corrected chi connectivity index (χ4v) is 2.63. The van der Waals surface area contributed by atoms with Crippen molar-refractivity contribution in [2.24, 2.45) is 5.41 Å². The van der Waals surface area contributed by atoms with Crippen LogP contribution in [-0.4, -0.2) is 0 Å². The molecule has 0 saturated carbocycles. The van der Waals surface area contributed by atoms with Gasteiger partial charge in [-0.1, -0.05) is 56.7 Å². The van der Waals surface area contributed by atoms with Gasteiger partial charge in [0, 0.05) is 5.92 Å². The van der Waals surface area contributed by atoms with Gasteiger partial charge in [-0.15, -0.1) is 0 Å². The Morgan fingerprint density at radius 1 is 1.07 bits per heavy atom. The highest BCUT2D eigenvalue weighted by atomic mass is 14.4. The summed E-state index contributed by atoms with van der Waals surface area (Å²) >= 11 is 0. The summed E-state index contributed by atoms with van der Waals surface area (Å²) in [7, 11) is 0. The van der Waals surface area contributed by atoms with Crippen LogP contribution in [0.1, 0.15) is 44.7 Å². The lowest BCUT2D eigenvalue weighted by Gasteiger charge is -2.29. The Bertz CT molecular complexity index is 377. The summed E-state index contributed by atoms with van der Waals surface area (Å²) < 4.78 is 0. The van der Waals surface area contributed by atoms with Gasteiger partial charge in [0.2, 0.25) is 0 Å². The van der Waals surface area contributed by atoms with Crippen LogP contribution >= 0.6 is 0 Å². The molecule has 1 aromatic carbocycles. The molecule has 0 heterocycles. The maximum atomic E-state index is 2.32. The van der Waals surface area contributed by atoms with Crippen LogP contribution in [0.25, 0.3) is 6.08 Å². The van der Waals surface area contributed by atoms with Crippen LogP contribution in [0.4, 0.5) is 0 Å².